The molecule has 2 aromatic rings. The van der Waals surface area contributed by atoms with Gasteiger partial charge in [-0.3, -0.25) is 4.79 Å². The van der Waals surface area contributed by atoms with Crippen molar-refractivity contribution in [2.45, 2.75) is 31.6 Å². The lowest BCUT2D eigenvalue weighted by Crippen LogP contribution is -2.38. The van der Waals surface area contributed by atoms with Crippen LogP contribution in [0, 0.1) is 11.3 Å². The summed E-state index contributed by atoms with van der Waals surface area (Å²) in [6.07, 6.45) is 0. The number of nitrogens with one attached hydrogen (secondary N) is 1. The first-order valence-corrected chi connectivity index (χ1v) is 10.1. The zero-order chi connectivity index (χ0) is 20.0. The van der Waals surface area contributed by atoms with Crippen molar-refractivity contribution < 1.29 is 13.2 Å². The number of amides is 1. The van der Waals surface area contributed by atoms with Gasteiger partial charge in [-0.15, -0.1) is 0 Å². The van der Waals surface area contributed by atoms with E-state index in [1.165, 1.54) is 11.8 Å². The van der Waals surface area contributed by atoms with Crippen LogP contribution in [0.15, 0.2) is 53.4 Å². The number of carbonyl (C=O) groups excluding carboxylic acids is 1. The number of carbonyl (C=O) groups is 1. The first-order valence-electron chi connectivity index (χ1n) is 8.63. The van der Waals surface area contributed by atoms with Gasteiger partial charge in [-0.2, -0.15) is 5.26 Å². The second-order valence-electron chi connectivity index (χ2n) is 6.42. The van der Waals surface area contributed by atoms with E-state index in [2.05, 4.69) is 4.72 Å². The Bertz CT molecular complexity index is 945. The lowest BCUT2D eigenvalue weighted by atomic mass is 10.0. The Labute approximate surface area is 160 Å². The molecule has 0 aliphatic carbocycles. The van der Waals surface area contributed by atoms with E-state index in [9.17, 15) is 18.5 Å². The molecular formula is C20H23N3O3S. The van der Waals surface area contributed by atoms with E-state index in [4.69, 9.17) is 0 Å². The minimum Gasteiger partial charge on any atom is -0.310 e. The van der Waals surface area contributed by atoms with Crippen molar-refractivity contribution in [1.29, 1.82) is 5.26 Å². The number of hydrogen-bond acceptors (Lipinski definition) is 4. The molecule has 0 radical (unpaired) electrons. The number of para-hydroxylation sites is 1. The third-order valence-electron chi connectivity index (χ3n) is 4.18. The molecule has 0 unspecified atom stereocenters. The van der Waals surface area contributed by atoms with Crippen LogP contribution in [0.3, 0.4) is 0 Å². The summed E-state index contributed by atoms with van der Waals surface area (Å²) in [5, 5.41) is 9.21. The van der Waals surface area contributed by atoms with Crippen LogP contribution >= 0.6 is 0 Å². The van der Waals surface area contributed by atoms with Crippen LogP contribution < -0.4 is 9.62 Å². The Kier molecular flexibility index (Phi) is 6.72. The molecule has 0 fully saturated rings. The summed E-state index contributed by atoms with van der Waals surface area (Å²) in [7, 11) is -3.67. The van der Waals surface area contributed by atoms with Crippen LogP contribution in [-0.4, -0.2) is 27.4 Å². The molecule has 0 saturated heterocycles. The van der Waals surface area contributed by atoms with Crippen LogP contribution in [0.1, 0.15) is 37.8 Å². The van der Waals surface area contributed by atoms with Crippen molar-refractivity contribution in [2.75, 3.05) is 18.0 Å². The lowest BCUT2D eigenvalue weighted by Gasteiger charge is -2.22. The summed E-state index contributed by atoms with van der Waals surface area (Å²) in [5.41, 5.74) is 1.89. The van der Waals surface area contributed by atoms with E-state index in [-0.39, 0.29) is 23.9 Å². The maximum Gasteiger partial charge on any atom is 0.240 e. The first-order chi connectivity index (χ1) is 12.8. The number of anilines is 1. The molecule has 142 valence electrons. The summed E-state index contributed by atoms with van der Waals surface area (Å²) >= 11 is 0. The number of hydrogen-bond donors (Lipinski definition) is 1. The molecule has 0 spiro atoms. The topological polar surface area (TPSA) is 90.3 Å². The van der Waals surface area contributed by atoms with Crippen LogP contribution in [0.25, 0.3) is 0 Å². The van der Waals surface area contributed by atoms with Crippen molar-refractivity contribution in [1.82, 2.24) is 4.72 Å². The Hall–Kier alpha value is -2.69. The average Bonchev–Trinajstić information content (AvgIpc) is 2.65. The smallest absolute Gasteiger partial charge is 0.240 e. The highest BCUT2D eigenvalue weighted by atomic mass is 32.2. The second kappa shape index (κ2) is 8.80. The van der Waals surface area contributed by atoms with Gasteiger partial charge in [0.25, 0.3) is 0 Å². The molecule has 2 rings (SSSR count). The molecule has 0 saturated carbocycles. The van der Waals surface area contributed by atoms with Crippen LogP contribution in [-0.2, 0) is 14.8 Å². The standard InChI is InChI=1S/C20H23N3O3S/c1-15(2)17-8-10-19(11-9-17)27(25,26)22-12-13-23(16(3)24)20-7-5-4-6-18(20)14-21/h4-11,15,22H,12-13H2,1-3H3. The van der Waals surface area contributed by atoms with E-state index in [0.717, 1.165) is 5.56 Å². The Morgan fingerprint density at radius 3 is 2.33 bits per heavy atom. The zero-order valence-corrected chi connectivity index (χ0v) is 16.5. The number of benzene rings is 2. The van der Waals surface area contributed by atoms with Gasteiger partial charge in [0.05, 0.1) is 16.1 Å². The van der Waals surface area contributed by atoms with E-state index in [1.54, 1.807) is 48.5 Å². The van der Waals surface area contributed by atoms with Crippen molar-refractivity contribution in [3.63, 3.8) is 0 Å². The van der Waals surface area contributed by atoms with Gasteiger partial charge in [0.15, 0.2) is 0 Å². The minimum absolute atomic E-state index is 0.0353. The number of rotatable bonds is 7. The van der Waals surface area contributed by atoms with Crippen molar-refractivity contribution in [3.8, 4) is 6.07 Å². The van der Waals surface area contributed by atoms with Crippen LogP contribution in [0.4, 0.5) is 5.69 Å². The van der Waals surface area contributed by atoms with E-state index >= 15 is 0 Å². The molecule has 1 amide bonds. The highest BCUT2D eigenvalue weighted by molar-refractivity contribution is 7.89. The summed E-state index contributed by atoms with van der Waals surface area (Å²) in [5.74, 6) is 0.0530. The largest absolute Gasteiger partial charge is 0.310 e. The highest BCUT2D eigenvalue weighted by Gasteiger charge is 2.18. The molecule has 0 aromatic heterocycles. The third-order valence-corrected chi connectivity index (χ3v) is 5.66. The third kappa shape index (κ3) is 5.16. The average molecular weight is 385 g/mol. The zero-order valence-electron chi connectivity index (χ0n) is 15.6. The summed E-state index contributed by atoms with van der Waals surface area (Å²) in [6.45, 7) is 5.62. The molecule has 27 heavy (non-hydrogen) atoms. The van der Waals surface area contributed by atoms with E-state index < -0.39 is 10.0 Å². The maximum atomic E-state index is 12.5. The molecule has 0 atom stereocenters. The summed E-state index contributed by atoms with van der Waals surface area (Å²) < 4.78 is 27.4. The first kappa shape index (κ1) is 20.6. The lowest BCUT2D eigenvalue weighted by molar-refractivity contribution is -0.116. The van der Waals surface area contributed by atoms with Gasteiger partial charge < -0.3 is 4.90 Å². The molecule has 0 aliphatic rings. The van der Waals surface area contributed by atoms with Gasteiger partial charge in [-0.05, 0) is 35.7 Å². The SMILES string of the molecule is CC(=O)N(CCNS(=O)(=O)c1ccc(C(C)C)cc1)c1ccccc1C#N. The number of sulfonamides is 1. The summed E-state index contributed by atoms with van der Waals surface area (Å²) in [4.78, 5) is 13.5. The van der Waals surface area contributed by atoms with Gasteiger partial charge in [0.2, 0.25) is 15.9 Å². The fraction of sp³-hybridized carbons (Fsp3) is 0.300. The molecule has 2 aromatic carbocycles. The van der Waals surface area contributed by atoms with Gasteiger partial charge in [0.1, 0.15) is 6.07 Å². The molecular weight excluding hydrogens is 362 g/mol. The highest BCUT2D eigenvalue weighted by Crippen LogP contribution is 2.20. The Balaban J connectivity index is 2.10. The fourth-order valence-corrected chi connectivity index (χ4v) is 3.68. The molecule has 7 heteroatoms. The van der Waals surface area contributed by atoms with Crippen molar-refractivity contribution >= 4 is 21.6 Å². The number of nitrogens with zero attached hydrogens (tertiary/aromatic N) is 2. The molecule has 0 bridgehead atoms. The summed E-state index contributed by atoms with van der Waals surface area (Å²) in [6, 6.07) is 15.5. The number of nitriles is 1. The van der Waals surface area contributed by atoms with E-state index in [1.807, 2.05) is 19.9 Å². The van der Waals surface area contributed by atoms with Gasteiger partial charge in [0, 0.05) is 20.0 Å². The van der Waals surface area contributed by atoms with E-state index in [0.29, 0.717) is 17.2 Å². The molecule has 0 heterocycles. The quantitative estimate of drug-likeness (QED) is 0.793. The van der Waals surface area contributed by atoms with Crippen LogP contribution in [0.5, 0.6) is 0 Å². The predicted molar refractivity (Wildman–Crippen MR) is 105 cm³/mol. The van der Waals surface area contributed by atoms with Gasteiger partial charge in [-0.25, -0.2) is 13.1 Å². The minimum atomic E-state index is -3.67. The Morgan fingerprint density at radius 2 is 1.78 bits per heavy atom. The second-order valence-corrected chi connectivity index (χ2v) is 8.19. The monoisotopic (exact) mass is 385 g/mol. The predicted octanol–water partition coefficient (Wildman–Crippen LogP) is 3.01. The van der Waals surface area contributed by atoms with Crippen molar-refractivity contribution in [3.05, 3.63) is 59.7 Å². The van der Waals surface area contributed by atoms with Crippen LogP contribution in [0.2, 0.25) is 0 Å². The molecule has 6 nitrogen and oxygen atoms in total. The van der Waals surface area contributed by atoms with Gasteiger partial charge in [-0.1, -0.05) is 38.1 Å². The maximum absolute atomic E-state index is 12.5. The van der Waals surface area contributed by atoms with Gasteiger partial charge >= 0.3 is 0 Å². The van der Waals surface area contributed by atoms with Crippen molar-refractivity contribution in [2.24, 2.45) is 0 Å². The Morgan fingerprint density at radius 1 is 1.15 bits per heavy atom. The molecule has 0 aliphatic heterocycles. The normalized spacial score (nSPS) is 11.2. The fourth-order valence-electron chi connectivity index (χ4n) is 2.66. The molecule has 1 N–H and O–H groups in total.